The highest BCUT2D eigenvalue weighted by Crippen LogP contribution is 2.13. The molecule has 1 aliphatic heterocycles. The van der Waals surface area contributed by atoms with Crippen molar-refractivity contribution < 1.29 is 19.4 Å². The van der Waals surface area contributed by atoms with E-state index < -0.39 is 12.2 Å². The SMILES string of the molecule is O=C(NC[C@@H]1COCC[C@H]1O)OCc1ccccc1. The monoisotopic (exact) mass is 265 g/mol. The molecule has 0 aliphatic carbocycles. The topological polar surface area (TPSA) is 67.8 Å². The largest absolute Gasteiger partial charge is 0.445 e. The minimum absolute atomic E-state index is 0.0574. The lowest BCUT2D eigenvalue weighted by Crippen LogP contribution is -2.40. The molecule has 0 spiro atoms. The Morgan fingerprint density at radius 1 is 1.42 bits per heavy atom. The van der Waals surface area contributed by atoms with Gasteiger partial charge in [-0.05, 0) is 12.0 Å². The van der Waals surface area contributed by atoms with Gasteiger partial charge in [0, 0.05) is 19.1 Å². The maximum Gasteiger partial charge on any atom is 0.407 e. The molecule has 5 heteroatoms. The first-order valence-electron chi connectivity index (χ1n) is 6.46. The zero-order chi connectivity index (χ0) is 13.5. The van der Waals surface area contributed by atoms with Gasteiger partial charge in [0.15, 0.2) is 0 Å². The van der Waals surface area contributed by atoms with Gasteiger partial charge in [-0.2, -0.15) is 0 Å². The van der Waals surface area contributed by atoms with Crippen LogP contribution in [0.3, 0.4) is 0 Å². The van der Waals surface area contributed by atoms with Gasteiger partial charge >= 0.3 is 6.09 Å². The number of carbonyl (C=O) groups excluding carboxylic acids is 1. The zero-order valence-corrected chi connectivity index (χ0v) is 10.7. The summed E-state index contributed by atoms with van der Waals surface area (Å²) in [5.41, 5.74) is 0.943. The predicted octanol–water partition coefficient (Wildman–Crippen LogP) is 1.31. The molecule has 0 aromatic heterocycles. The third kappa shape index (κ3) is 4.54. The lowest BCUT2D eigenvalue weighted by atomic mass is 9.99. The second kappa shape index (κ2) is 7.11. The molecule has 1 aliphatic rings. The van der Waals surface area contributed by atoms with Gasteiger partial charge in [0.1, 0.15) is 6.61 Å². The van der Waals surface area contributed by atoms with Gasteiger partial charge in [0.2, 0.25) is 0 Å². The number of aliphatic hydroxyl groups is 1. The normalized spacial score (nSPS) is 22.8. The molecule has 5 nitrogen and oxygen atoms in total. The molecule has 1 aromatic rings. The zero-order valence-electron chi connectivity index (χ0n) is 10.7. The van der Waals surface area contributed by atoms with Gasteiger partial charge in [-0.25, -0.2) is 4.79 Å². The predicted molar refractivity (Wildman–Crippen MR) is 69.6 cm³/mol. The number of ether oxygens (including phenoxy) is 2. The second-order valence-corrected chi connectivity index (χ2v) is 4.63. The molecule has 104 valence electrons. The maximum absolute atomic E-state index is 11.5. The van der Waals surface area contributed by atoms with Gasteiger partial charge in [0.05, 0.1) is 12.7 Å². The fourth-order valence-electron chi connectivity index (χ4n) is 1.97. The van der Waals surface area contributed by atoms with Crippen LogP contribution in [0.4, 0.5) is 4.79 Å². The summed E-state index contributed by atoms with van der Waals surface area (Å²) in [7, 11) is 0. The molecule has 0 radical (unpaired) electrons. The van der Waals surface area contributed by atoms with E-state index in [1.807, 2.05) is 30.3 Å². The summed E-state index contributed by atoms with van der Waals surface area (Å²) in [5.74, 6) is -0.0574. The highest BCUT2D eigenvalue weighted by molar-refractivity contribution is 5.67. The quantitative estimate of drug-likeness (QED) is 0.861. The third-order valence-corrected chi connectivity index (χ3v) is 3.16. The molecule has 0 bridgehead atoms. The summed E-state index contributed by atoms with van der Waals surface area (Å²) in [6, 6.07) is 9.49. The highest BCUT2D eigenvalue weighted by Gasteiger charge is 2.24. The standard InChI is InChI=1S/C14H19NO4/c16-13-6-7-18-10-12(13)8-15-14(17)19-9-11-4-2-1-3-5-11/h1-5,12-13,16H,6-10H2,(H,15,17)/t12-,13-/m1/s1. The molecule has 0 saturated carbocycles. The molecule has 2 atom stereocenters. The van der Waals surface area contributed by atoms with Crippen LogP contribution in [0.15, 0.2) is 30.3 Å². The van der Waals surface area contributed by atoms with Crippen LogP contribution in [0, 0.1) is 5.92 Å². The molecule has 1 fully saturated rings. The van der Waals surface area contributed by atoms with Crippen LogP contribution in [-0.2, 0) is 16.1 Å². The van der Waals surface area contributed by atoms with Crippen LogP contribution in [0.1, 0.15) is 12.0 Å². The van der Waals surface area contributed by atoms with E-state index >= 15 is 0 Å². The van der Waals surface area contributed by atoms with Gasteiger partial charge < -0.3 is 19.9 Å². The summed E-state index contributed by atoms with van der Waals surface area (Å²) in [6.07, 6.45) is -0.268. The fraction of sp³-hybridized carbons (Fsp3) is 0.500. The molecule has 1 heterocycles. The Morgan fingerprint density at radius 3 is 2.95 bits per heavy atom. The van der Waals surface area contributed by atoms with Crippen molar-refractivity contribution in [3.05, 3.63) is 35.9 Å². The van der Waals surface area contributed by atoms with Crippen LogP contribution < -0.4 is 5.32 Å². The molecular formula is C14H19NO4. The van der Waals surface area contributed by atoms with E-state index in [1.165, 1.54) is 0 Å². The number of amides is 1. The summed E-state index contributed by atoms with van der Waals surface area (Å²) in [5, 5.41) is 12.4. The van der Waals surface area contributed by atoms with E-state index in [0.29, 0.717) is 26.2 Å². The average Bonchev–Trinajstić information content (AvgIpc) is 2.45. The van der Waals surface area contributed by atoms with Crippen molar-refractivity contribution >= 4 is 6.09 Å². The van der Waals surface area contributed by atoms with E-state index in [2.05, 4.69) is 5.32 Å². The number of alkyl carbamates (subject to hydrolysis) is 1. The van der Waals surface area contributed by atoms with Crippen molar-refractivity contribution in [1.29, 1.82) is 0 Å². The van der Waals surface area contributed by atoms with Crippen LogP contribution in [-0.4, -0.2) is 37.1 Å². The number of carbonyl (C=O) groups is 1. The minimum atomic E-state index is -0.471. The summed E-state index contributed by atoms with van der Waals surface area (Å²) in [6.45, 7) is 1.67. The smallest absolute Gasteiger partial charge is 0.407 e. The Morgan fingerprint density at radius 2 is 2.21 bits per heavy atom. The average molecular weight is 265 g/mol. The number of hydrogen-bond acceptors (Lipinski definition) is 4. The summed E-state index contributed by atoms with van der Waals surface area (Å²) in [4.78, 5) is 11.5. The highest BCUT2D eigenvalue weighted by atomic mass is 16.5. The Bertz CT molecular complexity index is 396. The van der Waals surface area contributed by atoms with Crippen LogP contribution in [0.2, 0.25) is 0 Å². The lowest BCUT2D eigenvalue weighted by Gasteiger charge is -2.27. The van der Waals surface area contributed by atoms with Crippen molar-refractivity contribution in [3.8, 4) is 0 Å². The van der Waals surface area contributed by atoms with Crippen molar-refractivity contribution in [2.75, 3.05) is 19.8 Å². The Kier molecular flexibility index (Phi) is 5.18. The van der Waals surface area contributed by atoms with Gasteiger partial charge in [-0.3, -0.25) is 0 Å². The number of hydrogen-bond donors (Lipinski definition) is 2. The Hall–Kier alpha value is -1.59. The lowest BCUT2D eigenvalue weighted by molar-refractivity contribution is -0.0343. The van der Waals surface area contributed by atoms with Crippen LogP contribution >= 0.6 is 0 Å². The number of rotatable bonds is 4. The number of aliphatic hydroxyl groups excluding tert-OH is 1. The number of nitrogens with one attached hydrogen (secondary N) is 1. The van der Waals surface area contributed by atoms with Crippen molar-refractivity contribution in [3.63, 3.8) is 0 Å². The van der Waals surface area contributed by atoms with E-state index in [1.54, 1.807) is 0 Å². The first-order chi connectivity index (χ1) is 9.25. The third-order valence-electron chi connectivity index (χ3n) is 3.16. The fourth-order valence-corrected chi connectivity index (χ4v) is 1.97. The van der Waals surface area contributed by atoms with Crippen molar-refractivity contribution in [2.45, 2.75) is 19.1 Å². The molecule has 1 aromatic carbocycles. The van der Waals surface area contributed by atoms with E-state index in [-0.39, 0.29) is 12.5 Å². The Labute approximate surface area is 112 Å². The summed E-state index contributed by atoms with van der Waals surface area (Å²) < 4.78 is 10.3. The first kappa shape index (κ1) is 13.8. The Balaban J connectivity index is 1.67. The minimum Gasteiger partial charge on any atom is -0.445 e. The molecule has 1 amide bonds. The van der Waals surface area contributed by atoms with Gasteiger partial charge in [0.25, 0.3) is 0 Å². The van der Waals surface area contributed by atoms with Crippen molar-refractivity contribution in [1.82, 2.24) is 5.32 Å². The molecular weight excluding hydrogens is 246 g/mol. The van der Waals surface area contributed by atoms with Gasteiger partial charge in [-0.1, -0.05) is 30.3 Å². The van der Waals surface area contributed by atoms with Crippen LogP contribution in [0.5, 0.6) is 0 Å². The molecule has 1 saturated heterocycles. The molecule has 0 unspecified atom stereocenters. The van der Waals surface area contributed by atoms with E-state index in [0.717, 1.165) is 5.56 Å². The first-order valence-corrected chi connectivity index (χ1v) is 6.46. The molecule has 2 rings (SSSR count). The van der Waals surface area contributed by atoms with Gasteiger partial charge in [-0.15, -0.1) is 0 Å². The second-order valence-electron chi connectivity index (χ2n) is 4.63. The van der Waals surface area contributed by atoms with E-state index in [9.17, 15) is 9.90 Å². The van der Waals surface area contributed by atoms with E-state index in [4.69, 9.17) is 9.47 Å². The molecule has 2 N–H and O–H groups in total. The van der Waals surface area contributed by atoms with Crippen LogP contribution in [0.25, 0.3) is 0 Å². The number of benzene rings is 1. The summed E-state index contributed by atoms with van der Waals surface area (Å²) >= 11 is 0. The maximum atomic E-state index is 11.5. The van der Waals surface area contributed by atoms with Crippen molar-refractivity contribution in [2.24, 2.45) is 5.92 Å². The molecule has 19 heavy (non-hydrogen) atoms.